The molecule has 1 atom stereocenters. The molecule has 2 rings (SSSR count). The highest BCUT2D eigenvalue weighted by atomic mass is 79.9. The fourth-order valence-corrected chi connectivity index (χ4v) is 2.75. The molecule has 0 saturated carbocycles. The Morgan fingerprint density at radius 1 is 1.60 bits per heavy atom. The summed E-state index contributed by atoms with van der Waals surface area (Å²) in [5.41, 5.74) is 0.577. The van der Waals surface area contributed by atoms with Gasteiger partial charge in [-0.3, -0.25) is 9.69 Å². The molecule has 1 amide bonds. The Balaban J connectivity index is 1.94. The normalized spacial score (nSPS) is 19.9. The zero-order chi connectivity index (χ0) is 14.5. The predicted molar refractivity (Wildman–Crippen MR) is 81.0 cm³/mol. The number of amides is 1. The van der Waals surface area contributed by atoms with Crippen molar-refractivity contribution < 1.29 is 14.6 Å². The summed E-state index contributed by atoms with van der Waals surface area (Å²) < 4.78 is 6.13. The summed E-state index contributed by atoms with van der Waals surface area (Å²) in [4.78, 5) is 13.9. The van der Waals surface area contributed by atoms with Crippen LogP contribution in [-0.4, -0.2) is 54.9 Å². The smallest absolute Gasteiger partial charge is 0.238 e. The number of benzene rings is 1. The van der Waals surface area contributed by atoms with E-state index in [1.165, 1.54) is 0 Å². The molecule has 2 N–H and O–H groups in total. The van der Waals surface area contributed by atoms with E-state index in [-0.39, 0.29) is 25.1 Å². The molecular weight excluding hydrogens is 348 g/mol. The maximum Gasteiger partial charge on any atom is 0.238 e. The number of hydrogen-bond donors (Lipinski definition) is 2. The van der Waals surface area contributed by atoms with Gasteiger partial charge in [-0.1, -0.05) is 27.5 Å². The van der Waals surface area contributed by atoms with Gasteiger partial charge in [0.2, 0.25) is 5.91 Å². The largest absolute Gasteiger partial charge is 0.395 e. The maximum absolute atomic E-state index is 12.0. The summed E-state index contributed by atoms with van der Waals surface area (Å²) in [6.07, 6.45) is 0. The lowest BCUT2D eigenvalue weighted by atomic mass is 10.2. The van der Waals surface area contributed by atoms with Crippen LogP contribution in [0.5, 0.6) is 0 Å². The SMILES string of the molecule is O=C(CN1CCOCC1CO)Nc1ccc(Br)cc1Cl. The van der Waals surface area contributed by atoms with Gasteiger partial charge in [0.25, 0.3) is 0 Å². The molecule has 20 heavy (non-hydrogen) atoms. The van der Waals surface area contributed by atoms with Crippen molar-refractivity contribution in [3.05, 3.63) is 27.7 Å². The number of nitrogens with one attached hydrogen (secondary N) is 1. The lowest BCUT2D eigenvalue weighted by Crippen LogP contribution is -2.50. The molecule has 1 aromatic carbocycles. The predicted octanol–water partition coefficient (Wildman–Crippen LogP) is 1.73. The van der Waals surface area contributed by atoms with Crippen molar-refractivity contribution in [1.82, 2.24) is 4.90 Å². The molecule has 1 heterocycles. The zero-order valence-electron chi connectivity index (χ0n) is 10.8. The molecule has 0 aromatic heterocycles. The Kier molecular flexibility index (Phi) is 5.80. The Labute approximate surface area is 131 Å². The van der Waals surface area contributed by atoms with Gasteiger partial charge >= 0.3 is 0 Å². The van der Waals surface area contributed by atoms with Gasteiger partial charge in [-0.2, -0.15) is 0 Å². The van der Waals surface area contributed by atoms with Crippen LogP contribution in [0.4, 0.5) is 5.69 Å². The summed E-state index contributed by atoms with van der Waals surface area (Å²) in [5.74, 6) is -0.158. The lowest BCUT2D eigenvalue weighted by Gasteiger charge is -2.33. The highest BCUT2D eigenvalue weighted by Gasteiger charge is 2.24. The van der Waals surface area contributed by atoms with E-state index in [0.717, 1.165) is 4.47 Å². The number of morpholine rings is 1. The monoisotopic (exact) mass is 362 g/mol. The first kappa shape index (κ1) is 15.7. The minimum atomic E-state index is -0.158. The van der Waals surface area contributed by atoms with Crippen LogP contribution in [-0.2, 0) is 9.53 Å². The number of aliphatic hydroxyl groups is 1. The summed E-state index contributed by atoms with van der Waals surface area (Å²) in [5, 5.41) is 12.5. The van der Waals surface area contributed by atoms with Crippen molar-refractivity contribution >= 4 is 39.1 Å². The average Bonchev–Trinajstić information content (AvgIpc) is 2.42. The van der Waals surface area contributed by atoms with Crippen LogP contribution in [0.2, 0.25) is 5.02 Å². The van der Waals surface area contributed by atoms with Gasteiger partial charge in [-0.05, 0) is 18.2 Å². The summed E-state index contributed by atoms with van der Waals surface area (Å²) in [7, 11) is 0. The number of aliphatic hydroxyl groups excluding tert-OH is 1. The number of rotatable bonds is 4. The van der Waals surface area contributed by atoms with Gasteiger partial charge < -0.3 is 15.2 Å². The van der Waals surface area contributed by atoms with Crippen molar-refractivity contribution in [3.8, 4) is 0 Å². The zero-order valence-corrected chi connectivity index (χ0v) is 13.2. The van der Waals surface area contributed by atoms with E-state index in [1.54, 1.807) is 12.1 Å². The minimum Gasteiger partial charge on any atom is -0.395 e. The summed E-state index contributed by atoms with van der Waals surface area (Å²) in [6.45, 7) is 1.84. The molecule has 0 radical (unpaired) electrons. The maximum atomic E-state index is 12.0. The Hall–Kier alpha value is -0.660. The molecule has 1 saturated heterocycles. The van der Waals surface area contributed by atoms with E-state index in [4.69, 9.17) is 16.3 Å². The number of carbonyl (C=O) groups is 1. The average molecular weight is 364 g/mol. The number of hydrogen-bond acceptors (Lipinski definition) is 4. The topological polar surface area (TPSA) is 61.8 Å². The highest BCUT2D eigenvalue weighted by molar-refractivity contribution is 9.10. The molecule has 110 valence electrons. The number of ether oxygens (including phenoxy) is 1. The second kappa shape index (κ2) is 7.38. The molecular formula is C13H16BrClN2O3. The molecule has 5 nitrogen and oxygen atoms in total. The molecule has 0 aliphatic carbocycles. The van der Waals surface area contributed by atoms with Crippen molar-refractivity contribution in [2.45, 2.75) is 6.04 Å². The molecule has 0 bridgehead atoms. The lowest BCUT2D eigenvalue weighted by molar-refractivity contribution is -0.120. The van der Waals surface area contributed by atoms with Crippen LogP contribution >= 0.6 is 27.5 Å². The van der Waals surface area contributed by atoms with Gasteiger partial charge in [0.15, 0.2) is 0 Å². The number of carbonyl (C=O) groups excluding carboxylic acids is 1. The molecule has 1 fully saturated rings. The third kappa shape index (κ3) is 4.17. The van der Waals surface area contributed by atoms with Crippen LogP contribution in [0.3, 0.4) is 0 Å². The van der Waals surface area contributed by atoms with Crippen LogP contribution in [0, 0.1) is 0 Å². The van der Waals surface area contributed by atoms with Crippen LogP contribution in [0.15, 0.2) is 22.7 Å². The van der Waals surface area contributed by atoms with Gasteiger partial charge in [0.1, 0.15) is 0 Å². The third-order valence-electron chi connectivity index (χ3n) is 3.11. The van der Waals surface area contributed by atoms with Crippen molar-refractivity contribution in [2.24, 2.45) is 0 Å². The van der Waals surface area contributed by atoms with E-state index < -0.39 is 0 Å². The van der Waals surface area contributed by atoms with Gasteiger partial charge in [0.05, 0.1) is 43.1 Å². The van der Waals surface area contributed by atoms with E-state index in [9.17, 15) is 9.90 Å². The fourth-order valence-electron chi connectivity index (χ4n) is 2.03. The van der Waals surface area contributed by atoms with Crippen molar-refractivity contribution in [3.63, 3.8) is 0 Å². The van der Waals surface area contributed by atoms with Crippen LogP contribution in [0.25, 0.3) is 0 Å². The molecule has 0 spiro atoms. The van der Waals surface area contributed by atoms with E-state index in [1.807, 2.05) is 11.0 Å². The van der Waals surface area contributed by atoms with E-state index in [2.05, 4.69) is 21.2 Å². The Morgan fingerprint density at radius 3 is 3.10 bits per heavy atom. The molecule has 7 heteroatoms. The Morgan fingerprint density at radius 2 is 2.40 bits per heavy atom. The standard InChI is InChI=1S/C13H16BrClN2O3/c14-9-1-2-12(11(15)5-9)16-13(19)6-17-3-4-20-8-10(17)7-18/h1-2,5,10,18H,3-4,6-8H2,(H,16,19). The van der Waals surface area contributed by atoms with Crippen LogP contribution < -0.4 is 5.32 Å². The second-order valence-electron chi connectivity index (χ2n) is 4.55. The van der Waals surface area contributed by atoms with E-state index >= 15 is 0 Å². The molecule has 1 aromatic rings. The van der Waals surface area contributed by atoms with Crippen molar-refractivity contribution in [1.29, 1.82) is 0 Å². The first-order chi connectivity index (χ1) is 9.60. The molecule has 1 unspecified atom stereocenters. The van der Waals surface area contributed by atoms with Crippen molar-refractivity contribution in [2.75, 3.05) is 38.2 Å². The minimum absolute atomic E-state index is 0.0215. The van der Waals surface area contributed by atoms with Gasteiger partial charge in [-0.25, -0.2) is 0 Å². The van der Waals surface area contributed by atoms with Crippen LogP contribution in [0.1, 0.15) is 0 Å². The molecule has 1 aliphatic heterocycles. The third-order valence-corrected chi connectivity index (χ3v) is 3.92. The number of nitrogens with zero attached hydrogens (tertiary/aromatic N) is 1. The first-order valence-corrected chi connectivity index (χ1v) is 7.45. The summed E-state index contributed by atoms with van der Waals surface area (Å²) >= 11 is 9.37. The Bertz CT molecular complexity index is 487. The summed E-state index contributed by atoms with van der Waals surface area (Å²) in [6, 6.07) is 5.15. The fraction of sp³-hybridized carbons (Fsp3) is 0.462. The quantitative estimate of drug-likeness (QED) is 0.855. The molecule has 1 aliphatic rings. The number of halogens is 2. The van der Waals surface area contributed by atoms with Gasteiger partial charge in [-0.15, -0.1) is 0 Å². The number of anilines is 1. The first-order valence-electron chi connectivity index (χ1n) is 6.27. The highest BCUT2D eigenvalue weighted by Crippen LogP contribution is 2.25. The second-order valence-corrected chi connectivity index (χ2v) is 5.88. The van der Waals surface area contributed by atoms with Gasteiger partial charge in [0, 0.05) is 11.0 Å². The van der Waals surface area contributed by atoms with E-state index in [0.29, 0.717) is 30.5 Å².